The van der Waals surface area contributed by atoms with Crippen molar-refractivity contribution >= 4 is 34.9 Å². The third-order valence-electron chi connectivity index (χ3n) is 4.43. The number of aliphatic imine (C=N–C) groups is 2. The monoisotopic (exact) mass is 441 g/mol. The number of likely N-dealkylation sites (N-methyl/N-ethyl adjacent to an activating group) is 1. The van der Waals surface area contributed by atoms with Crippen molar-refractivity contribution in [2.24, 2.45) is 9.98 Å². The number of nitrogens with zero attached hydrogens (tertiary/aromatic N) is 4. The summed E-state index contributed by atoms with van der Waals surface area (Å²) in [6.07, 6.45) is 6.01. The molecule has 0 bridgehead atoms. The standard InChI is InChI=1S/C15H14N4S.C6H14N2.C2H7N/c1-11-14(20-10-17-11)13-8-5-9-16-15(19-13)18-12-6-3-2-4-7-12;1-8-5-2-3-7-4-6-8;1-3-2/h2-4,6-10H,5H2,1H3,(H,18,19);7H,2-6H2,1H3;3H,1-2H3. The molecule has 1 saturated heterocycles. The predicted octanol–water partition coefficient (Wildman–Crippen LogP) is 3.48. The minimum absolute atomic E-state index is 0.604. The van der Waals surface area contributed by atoms with Crippen molar-refractivity contribution in [1.29, 1.82) is 0 Å². The molecule has 0 atom stereocenters. The first-order chi connectivity index (χ1) is 15.1. The fraction of sp³-hybridized carbons (Fsp3) is 0.435. The SMILES string of the molecule is CN1CCCNCC1.CNC.Cc1ncsc1C1=CCC=NC(Nc2ccccc2)=N1. The molecule has 1 fully saturated rings. The Bertz CT molecular complexity index is 835. The minimum Gasteiger partial charge on any atom is -0.324 e. The van der Waals surface area contributed by atoms with Gasteiger partial charge in [-0.2, -0.15) is 0 Å². The lowest BCUT2D eigenvalue weighted by molar-refractivity contribution is 0.358. The van der Waals surface area contributed by atoms with E-state index in [1.807, 2.05) is 63.1 Å². The Morgan fingerprint density at radius 3 is 2.58 bits per heavy atom. The van der Waals surface area contributed by atoms with E-state index >= 15 is 0 Å². The van der Waals surface area contributed by atoms with E-state index < -0.39 is 0 Å². The fourth-order valence-corrected chi connectivity index (χ4v) is 3.66. The van der Waals surface area contributed by atoms with Gasteiger partial charge in [0, 0.05) is 31.4 Å². The second-order valence-corrected chi connectivity index (χ2v) is 8.09. The number of rotatable bonds is 2. The number of nitrogens with one attached hydrogen (secondary N) is 3. The molecule has 7 nitrogen and oxygen atoms in total. The number of hydrogen-bond acceptors (Lipinski definition) is 8. The molecule has 3 N–H and O–H groups in total. The van der Waals surface area contributed by atoms with Gasteiger partial charge in [0.15, 0.2) is 0 Å². The molecule has 2 aliphatic rings. The zero-order valence-electron chi connectivity index (χ0n) is 19.1. The second kappa shape index (κ2) is 14.6. The van der Waals surface area contributed by atoms with E-state index in [2.05, 4.69) is 48.9 Å². The Kier molecular flexibility index (Phi) is 11.7. The highest BCUT2D eigenvalue weighted by Crippen LogP contribution is 2.25. The van der Waals surface area contributed by atoms with Gasteiger partial charge in [-0.15, -0.1) is 11.3 Å². The molecule has 168 valence electrons. The smallest absolute Gasteiger partial charge is 0.227 e. The summed E-state index contributed by atoms with van der Waals surface area (Å²) < 4.78 is 0. The number of aromatic nitrogens is 1. The van der Waals surface area contributed by atoms with Crippen molar-refractivity contribution in [3.8, 4) is 0 Å². The van der Waals surface area contributed by atoms with E-state index in [0.717, 1.165) is 34.9 Å². The average Bonchev–Trinajstić information content (AvgIpc) is 2.94. The van der Waals surface area contributed by atoms with Crippen molar-refractivity contribution < 1.29 is 0 Å². The number of aryl methyl sites for hydroxylation is 1. The van der Waals surface area contributed by atoms with Gasteiger partial charge in [0.1, 0.15) is 0 Å². The fourth-order valence-electron chi connectivity index (χ4n) is 2.87. The number of hydrogen-bond donors (Lipinski definition) is 3. The van der Waals surface area contributed by atoms with Gasteiger partial charge in [-0.05, 0) is 59.7 Å². The molecule has 1 aromatic heterocycles. The third-order valence-corrected chi connectivity index (χ3v) is 5.38. The van der Waals surface area contributed by atoms with Gasteiger partial charge < -0.3 is 20.9 Å². The van der Waals surface area contributed by atoms with Crippen molar-refractivity contribution in [3.05, 3.63) is 52.5 Å². The molecular formula is C23H35N7S. The summed E-state index contributed by atoms with van der Waals surface area (Å²) in [5, 5.41) is 9.31. The Morgan fingerprint density at radius 1 is 1.10 bits per heavy atom. The van der Waals surface area contributed by atoms with E-state index in [0.29, 0.717) is 5.96 Å². The van der Waals surface area contributed by atoms with Crippen molar-refractivity contribution in [2.75, 3.05) is 52.6 Å². The summed E-state index contributed by atoms with van der Waals surface area (Å²) in [6.45, 7) is 6.83. The number of thiazole rings is 1. The molecule has 2 aromatic rings. The van der Waals surface area contributed by atoms with E-state index in [4.69, 9.17) is 0 Å². The molecule has 31 heavy (non-hydrogen) atoms. The van der Waals surface area contributed by atoms with Crippen LogP contribution in [-0.2, 0) is 0 Å². The second-order valence-electron chi connectivity index (χ2n) is 7.24. The van der Waals surface area contributed by atoms with Gasteiger partial charge in [-0.25, -0.2) is 15.0 Å². The van der Waals surface area contributed by atoms with Crippen LogP contribution in [0.2, 0.25) is 0 Å². The molecule has 3 heterocycles. The zero-order chi connectivity index (χ0) is 22.3. The van der Waals surface area contributed by atoms with E-state index in [-0.39, 0.29) is 0 Å². The van der Waals surface area contributed by atoms with Crippen LogP contribution in [0.5, 0.6) is 0 Å². The lowest BCUT2D eigenvalue weighted by Crippen LogP contribution is -2.23. The van der Waals surface area contributed by atoms with E-state index in [1.54, 1.807) is 11.3 Å². The normalized spacial score (nSPS) is 16.4. The number of para-hydroxylation sites is 1. The van der Waals surface area contributed by atoms with Crippen LogP contribution in [0.15, 0.2) is 51.9 Å². The Balaban J connectivity index is 0.000000258. The maximum absolute atomic E-state index is 4.61. The van der Waals surface area contributed by atoms with Crippen molar-refractivity contribution in [3.63, 3.8) is 0 Å². The molecule has 0 radical (unpaired) electrons. The highest BCUT2D eigenvalue weighted by Gasteiger charge is 2.10. The summed E-state index contributed by atoms with van der Waals surface area (Å²) in [6, 6.07) is 9.92. The first-order valence-corrected chi connectivity index (χ1v) is 11.5. The van der Waals surface area contributed by atoms with Crippen molar-refractivity contribution in [2.45, 2.75) is 19.8 Å². The molecule has 4 rings (SSSR count). The lowest BCUT2D eigenvalue weighted by Gasteiger charge is -2.09. The number of guanidine groups is 1. The number of benzene rings is 1. The van der Waals surface area contributed by atoms with E-state index in [9.17, 15) is 0 Å². The quantitative estimate of drug-likeness (QED) is 0.665. The largest absolute Gasteiger partial charge is 0.324 e. The molecular weight excluding hydrogens is 406 g/mol. The van der Waals surface area contributed by atoms with E-state index in [1.165, 1.54) is 26.1 Å². The first-order valence-electron chi connectivity index (χ1n) is 10.7. The Hall–Kier alpha value is -2.39. The topological polar surface area (TPSA) is 76.9 Å². The van der Waals surface area contributed by atoms with Gasteiger partial charge in [0.2, 0.25) is 5.96 Å². The zero-order valence-corrected chi connectivity index (χ0v) is 19.9. The van der Waals surface area contributed by atoms with Crippen LogP contribution in [0, 0.1) is 6.92 Å². The summed E-state index contributed by atoms with van der Waals surface area (Å²) in [4.78, 5) is 16.7. The highest BCUT2D eigenvalue weighted by atomic mass is 32.1. The maximum atomic E-state index is 4.61. The van der Waals surface area contributed by atoms with Gasteiger partial charge in [-0.3, -0.25) is 0 Å². The van der Waals surface area contributed by atoms with Gasteiger partial charge in [-0.1, -0.05) is 24.3 Å². The summed E-state index contributed by atoms with van der Waals surface area (Å²) in [7, 11) is 5.92. The highest BCUT2D eigenvalue weighted by molar-refractivity contribution is 7.10. The average molecular weight is 442 g/mol. The van der Waals surface area contributed by atoms with Crippen LogP contribution < -0.4 is 16.0 Å². The van der Waals surface area contributed by atoms with Crippen LogP contribution >= 0.6 is 11.3 Å². The van der Waals surface area contributed by atoms with Crippen LogP contribution in [0.1, 0.15) is 23.4 Å². The lowest BCUT2D eigenvalue weighted by atomic mass is 10.2. The number of anilines is 1. The summed E-state index contributed by atoms with van der Waals surface area (Å²) in [5.74, 6) is 0.604. The summed E-state index contributed by atoms with van der Waals surface area (Å²) in [5.41, 5.74) is 4.76. The molecule has 0 spiro atoms. The molecule has 0 unspecified atom stereocenters. The van der Waals surface area contributed by atoms with Crippen LogP contribution in [0.4, 0.5) is 5.69 Å². The molecule has 0 aliphatic carbocycles. The maximum Gasteiger partial charge on any atom is 0.227 e. The molecule has 1 aromatic carbocycles. The summed E-state index contributed by atoms with van der Waals surface area (Å²) >= 11 is 1.60. The van der Waals surface area contributed by atoms with Crippen LogP contribution in [-0.4, -0.2) is 69.4 Å². The van der Waals surface area contributed by atoms with Gasteiger partial charge in [0.25, 0.3) is 0 Å². The Morgan fingerprint density at radius 2 is 1.87 bits per heavy atom. The predicted molar refractivity (Wildman–Crippen MR) is 135 cm³/mol. The Labute approximate surface area is 190 Å². The van der Waals surface area contributed by atoms with Crippen LogP contribution in [0.25, 0.3) is 5.70 Å². The minimum atomic E-state index is 0.604. The van der Waals surface area contributed by atoms with Gasteiger partial charge >= 0.3 is 0 Å². The molecule has 0 saturated carbocycles. The van der Waals surface area contributed by atoms with Gasteiger partial charge in [0.05, 0.1) is 21.8 Å². The molecule has 0 amide bonds. The molecule has 8 heteroatoms. The van der Waals surface area contributed by atoms with Crippen LogP contribution in [0.3, 0.4) is 0 Å². The molecule has 2 aliphatic heterocycles. The van der Waals surface area contributed by atoms with Crippen molar-refractivity contribution in [1.82, 2.24) is 20.5 Å². The first kappa shape index (κ1) is 24.9. The third kappa shape index (κ3) is 9.52. The number of allylic oxidation sites excluding steroid dienone is 1.